The molecule has 5 nitrogen and oxygen atoms in total. The van der Waals surface area contributed by atoms with Crippen LogP contribution in [0.5, 0.6) is 0 Å². The van der Waals surface area contributed by atoms with Crippen molar-refractivity contribution in [1.29, 1.82) is 0 Å². The van der Waals surface area contributed by atoms with Gasteiger partial charge in [-0.05, 0) is 25.9 Å². The maximum Gasteiger partial charge on any atom is 0.242 e. The Morgan fingerprint density at radius 1 is 1.47 bits per heavy atom. The number of carbonyl (C=O) groups excluding carboxylic acids is 1. The highest BCUT2D eigenvalue weighted by molar-refractivity contribution is 5.82. The van der Waals surface area contributed by atoms with Crippen molar-refractivity contribution in [3.05, 3.63) is 0 Å². The fourth-order valence-electron chi connectivity index (χ4n) is 1.94. The molecule has 5 heteroatoms. The number of hydrogen-bond donors (Lipinski definition) is 2. The second kappa shape index (κ2) is 5.44. The lowest BCUT2D eigenvalue weighted by Crippen LogP contribution is -2.53. The number of nitrogens with zero attached hydrogens (tertiary/aromatic N) is 1. The molecule has 1 saturated heterocycles. The zero-order chi connectivity index (χ0) is 11.3. The van der Waals surface area contributed by atoms with Crippen LogP contribution in [0.2, 0.25) is 0 Å². The van der Waals surface area contributed by atoms with E-state index in [2.05, 4.69) is 10.7 Å². The van der Waals surface area contributed by atoms with Gasteiger partial charge in [0.2, 0.25) is 5.91 Å². The van der Waals surface area contributed by atoms with Crippen LogP contribution in [-0.2, 0) is 9.53 Å². The van der Waals surface area contributed by atoms with Gasteiger partial charge in [-0.3, -0.25) is 10.2 Å². The third kappa shape index (κ3) is 3.15. The molecule has 0 aromatic rings. The Hall–Kier alpha value is -0.650. The number of methoxy groups -OCH3 is 1. The number of rotatable bonds is 4. The molecule has 0 aliphatic carbocycles. The van der Waals surface area contributed by atoms with Gasteiger partial charge in [-0.1, -0.05) is 0 Å². The van der Waals surface area contributed by atoms with E-state index in [-0.39, 0.29) is 11.3 Å². The molecule has 1 aliphatic heterocycles. The van der Waals surface area contributed by atoms with Gasteiger partial charge in [0, 0.05) is 21.2 Å². The summed E-state index contributed by atoms with van der Waals surface area (Å²) in [7, 11) is 5.28. The minimum Gasteiger partial charge on any atom is -0.384 e. The van der Waals surface area contributed by atoms with Gasteiger partial charge >= 0.3 is 0 Å². The minimum atomic E-state index is -0.357. The second-order valence-corrected chi connectivity index (χ2v) is 4.30. The monoisotopic (exact) mass is 215 g/mol. The Kier molecular flexibility index (Phi) is 4.50. The van der Waals surface area contributed by atoms with Crippen molar-refractivity contribution in [1.82, 2.24) is 15.8 Å². The SMILES string of the molecule is COCC1(C(=O)NN(C)C)CCNCC1. The smallest absolute Gasteiger partial charge is 0.242 e. The van der Waals surface area contributed by atoms with Crippen LogP contribution in [0.3, 0.4) is 0 Å². The van der Waals surface area contributed by atoms with Crippen LogP contribution in [0, 0.1) is 5.41 Å². The second-order valence-electron chi connectivity index (χ2n) is 4.30. The molecule has 15 heavy (non-hydrogen) atoms. The first kappa shape index (κ1) is 12.4. The maximum absolute atomic E-state index is 12.1. The molecular weight excluding hydrogens is 194 g/mol. The van der Waals surface area contributed by atoms with Crippen molar-refractivity contribution < 1.29 is 9.53 Å². The summed E-state index contributed by atoms with van der Waals surface area (Å²) in [6.07, 6.45) is 1.67. The van der Waals surface area contributed by atoms with Crippen LogP contribution in [0.15, 0.2) is 0 Å². The summed E-state index contributed by atoms with van der Waals surface area (Å²) in [5.74, 6) is 0.0656. The molecule has 0 bridgehead atoms. The van der Waals surface area contributed by atoms with Crippen LogP contribution in [0.25, 0.3) is 0 Å². The van der Waals surface area contributed by atoms with E-state index >= 15 is 0 Å². The molecule has 88 valence electrons. The van der Waals surface area contributed by atoms with E-state index in [4.69, 9.17) is 4.74 Å². The first-order valence-electron chi connectivity index (χ1n) is 5.29. The van der Waals surface area contributed by atoms with E-state index in [0.717, 1.165) is 25.9 Å². The van der Waals surface area contributed by atoms with E-state index in [0.29, 0.717) is 6.61 Å². The lowest BCUT2D eigenvalue weighted by atomic mass is 9.79. The van der Waals surface area contributed by atoms with Crippen LogP contribution in [0.4, 0.5) is 0 Å². The molecule has 1 rings (SSSR count). The topological polar surface area (TPSA) is 53.6 Å². The van der Waals surface area contributed by atoms with Gasteiger partial charge in [0.25, 0.3) is 0 Å². The fourth-order valence-corrected chi connectivity index (χ4v) is 1.94. The number of hydrazine groups is 1. The molecule has 1 fully saturated rings. The predicted molar refractivity (Wildman–Crippen MR) is 58.2 cm³/mol. The van der Waals surface area contributed by atoms with Gasteiger partial charge in [-0.25, -0.2) is 5.01 Å². The van der Waals surface area contributed by atoms with Crippen LogP contribution >= 0.6 is 0 Å². The lowest BCUT2D eigenvalue weighted by molar-refractivity contribution is -0.140. The molecule has 0 unspecified atom stereocenters. The average Bonchev–Trinajstić information content (AvgIpc) is 2.18. The third-order valence-corrected chi connectivity index (χ3v) is 2.79. The number of piperidine rings is 1. The average molecular weight is 215 g/mol. The molecule has 0 radical (unpaired) electrons. The van der Waals surface area contributed by atoms with Crippen molar-refractivity contribution in [3.63, 3.8) is 0 Å². The first-order valence-corrected chi connectivity index (χ1v) is 5.29. The van der Waals surface area contributed by atoms with Crippen molar-refractivity contribution in [3.8, 4) is 0 Å². The summed E-state index contributed by atoms with van der Waals surface area (Å²) >= 11 is 0. The Morgan fingerprint density at radius 3 is 2.53 bits per heavy atom. The van der Waals surface area contributed by atoms with Crippen molar-refractivity contribution in [2.24, 2.45) is 5.41 Å². The van der Waals surface area contributed by atoms with Gasteiger partial charge in [0.1, 0.15) is 0 Å². The highest BCUT2D eigenvalue weighted by Crippen LogP contribution is 2.29. The summed E-state index contributed by atoms with van der Waals surface area (Å²) in [4.78, 5) is 12.1. The van der Waals surface area contributed by atoms with E-state index in [9.17, 15) is 4.79 Å². The van der Waals surface area contributed by atoms with E-state index in [1.807, 2.05) is 14.1 Å². The standard InChI is InChI=1S/C10H21N3O2/c1-13(2)12-9(14)10(8-15-3)4-6-11-7-5-10/h11H,4-8H2,1-3H3,(H,12,14). The molecule has 1 aliphatic rings. The Balaban J connectivity index is 2.66. The van der Waals surface area contributed by atoms with E-state index in [1.54, 1.807) is 12.1 Å². The summed E-state index contributed by atoms with van der Waals surface area (Å²) in [5.41, 5.74) is 2.47. The van der Waals surface area contributed by atoms with Crippen molar-refractivity contribution in [2.45, 2.75) is 12.8 Å². The molecule has 0 aromatic carbocycles. The zero-order valence-electron chi connectivity index (χ0n) is 9.80. The quantitative estimate of drug-likeness (QED) is 0.626. The highest BCUT2D eigenvalue weighted by Gasteiger charge is 2.39. The van der Waals surface area contributed by atoms with Crippen LogP contribution < -0.4 is 10.7 Å². The fraction of sp³-hybridized carbons (Fsp3) is 0.900. The van der Waals surface area contributed by atoms with Crippen molar-refractivity contribution >= 4 is 5.91 Å². The van der Waals surface area contributed by atoms with Crippen LogP contribution in [0.1, 0.15) is 12.8 Å². The molecule has 1 heterocycles. The third-order valence-electron chi connectivity index (χ3n) is 2.79. The zero-order valence-corrected chi connectivity index (χ0v) is 9.80. The largest absolute Gasteiger partial charge is 0.384 e. The van der Waals surface area contributed by atoms with E-state index < -0.39 is 0 Å². The number of amides is 1. The Bertz CT molecular complexity index is 207. The summed E-state index contributed by atoms with van der Waals surface area (Å²) in [6, 6.07) is 0. The van der Waals surface area contributed by atoms with E-state index in [1.165, 1.54) is 0 Å². The van der Waals surface area contributed by atoms with Gasteiger partial charge < -0.3 is 10.1 Å². The molecule has 1 amide bonds. The highest BCUT2D eigenvalue weighted by atomic mass is 16.5. The summed E-state index contributed by atoms with van der Waals surface area (Å²) < 4.78 is 5.18. The molecule has 0 aromatic heterocycles. The Labute approximate surface area is 91.1 Å². The van der Waals surface area contributed by atoms with Gasteiger partial charge in [-0.2, -0.15) is 0 Å². The molecule has 0 saturated carbocycles. The number of hydrogen-bond acceptors (Lipinski definition) is 4. The summed E-state index contributed by atoms with van der Waals surface area (Å²) in [6.45, 7) is 2.25. The first-order chi connectivity index (χ1) is 7.10. The molecule has 0 spiro atoms. The number of ether oxygens (including phenoxy) is 1. The van der Waals surface area contributed by atoms with Gasteiger partial charge in [-0.15, -0.1) is 0 Å². The lowest BCUT2D eigenvalue weighted by Gasteiger charge is -2.36. The van der Waals surface area contributed by atoms with Gasteiger partial charge in [0.05, 0.1) is 12.0 Å². The summed E-state index contributed by atoms with van der Waals surface area (Å²) in [5, 5.41) is 4.94. The molecule has 2 N–H and O–H groups in total. The van der Waals surface area contributed by atoms with Crippen LogP contribution in [-0.4, -0.2) is 51.8 Å². The van der Waals surface area contributed by atoms with Gasteiger partial charge in [0.15, 0.2) is 0 Å². The number of nitrogens with one attached hydrogen (secondary N) is 2. The van der Waals surface area contributed by atoms with Crippen molar-refractivity contribution in [2.75, 3.05) is 40.9 Å². The molecular formula is C10H21N3O2. The Morgan fingerprint density at radius 2 is 2.07 bits per heavy atom. The predicted octanol–water partition coefficient (Wildman–Crippen LogP) is -0.405. The number of carbonyl (C=O) groups is 1. The molecule has 0 atom stereocenters. The maximum atomic E-state index is 12.1. The minimum absolute atomic E-state index is 0.0656. The normalized spacial score (nSPS) is 20.3.